The van der Waals surface area contributed by atoms with Crippen LogP contribution in [0.15, 0.2) is 60.8 Å². The van der Waals surface area contributed by atoms with E-state index < -0.39 is 11.2 Å². The normalized spacial score (nSPS) is 18.1. The Morgan fingerprint density at radius 3 is 2.86 bits per heavy atom. The Labute approximate surface area is 169 Å². The predicted octanol–water partition coefficient (Wildman–Crippen LogP) is 4.26. The van der Waals surface area contributed by atoms with Crippen LogP contribution in [-0.2, 0) is 16.9 Å². The summed E-state index contributed by atoms with van der Waals surface area (Å²) in [5, 5.41) is 4.67. The molecule has 0 aliphatic carbocycles. The average molecular weight is 395 g/mol. The van der Waals surface area contributed by atoms with E-state index in [0.717, 1.165) is 41.6 Å². The standard InChI is InChI=1S/C23H26N2O2S/c1-27-21-7-8-22-19(15-25-23(22)14-21)16-28(26)12-10-20-13-18(9-11-24-20)17-5-3-2-4-6-17/h2-9,14-15,20,24-25H,10-13,16H2,1H3. The third kappa shape index (κ3) is 4.43. The first-order valence-electron chi connectivity index (χ1n) is 9.70. The minimum atomic E-state index is -0.881. The number of fused-ring (bicyclic) bond motifs is 1. The van der Waals surface area contributed by atoms with Crippen molar-refractivity contribution >= 4 is 27.7 Å². The Morgan fingerprint density at radius 1 is 1.18 bits per heavy atom. The maximum atomic E-state index is 12.7. The summed E-state index contributed by atoms with van der Waals surface area (Å²) in [7, 11) is 1.66. The molecule has 2 heterocycles. The van der Waals surface area contributed by atoms with Crippen molar-refractivity contribution in [3.63, 3.8) is 0 Å². The number of aromatic amines is 1. The maximum absolute atomic E-state index is 12.7. The molecule has 0 saturated heterocycles. The summed E-state index contributed by atoms with van der Waals surface area (Å²) >= 11 is -0.881. The first kappa shape index (κ1) is 19.1. The van der Waals surface area contributed by atoms with Gasteiger partial charge in [0.25, 0.3) is 0 Å². The molecule has 2 unspecified atom stereocenters. The number of methoxy groups -OCH3 is 1. The Morgan fingerprint density at radius 2 is 2.04 bits per heavy atom. The van der Waals surface area contributed by atoms with E-state index in [1.54, 1.807) is 7.11 Å². The Balaban J connectivity index is 1.32. The van der Waals surface area contributed by atoms with Gasteiger partial charge < -0.3 is 19.6 Å². The zero-order chi connectivity index (χ0) is 19.3. The first-order chi connectivity index (χ1) is 13.7. The molecule has 1 aliphatic heterocycles. The highest BCUT2D eigenvalue weighted by atomic mass is 32.2. The molecule has 2 aromatic carbocycles. The lowest BCUT2D eigenvalue weighted by Crippen LogP contribution is -2.34. The molecule has 28 heavy (non-hydrogen) atoms. The molecule has 146 valence electrons. The van der Waals surface area contributed by atoms with Crippen molar-refractivity contribution in [1.82, 2.24) is 10.3 Å². The molecule has 4 nitrogen and oxygen atoms in total. The Bertz CT molecular complexity index is 952. The summed E-state index contributed by atoms with van der Waals surface area (Å²) in [6, 6.07) is 16.9. The van der Waals surface area contributed by atoms with Gasteiger partial charge in [-0.2, -0.15) is 0 Å². The lowest BCUT2D eigenvalue weighted by atomic mass is 9.94. The number of H-pyrrole nitrogens is 1. The van der Waals surface area contributed by atoms with Gasteiger partial charge in [-0.25, -0.2) is 0 Å². The number of benzene rings is 2. The van der Waals surface area contributed by atoms with Gasteiger partial charge in [0.15, 0.2) is 0 Å². The highest BCUT2D eigenvalue weighted by molar-refractivity contribution is 7.90. The van der Waals surface area contributed by atoms with Crippen molar-refractivity contribution in [2.45, 2.75) is 24.6 Å². The quantitative estimate of drug-likeness (QED) is 0.589. The number of ether oxygens (including phenoxy) is 1. The molecule has 4 rings (SSSR count). The third-order valence-electron chi connectivity index (χ3n) is 5.35. The lowest BCUT2D eigenvalue weighted by Gasteiger charge is -2.25. The number of hydrogen-bond acceptors (Lipinski definition) is 3. The summed E-state index contributed by atoms with van der Waals surface area (Å²) in [5.41, 5.74) is 4.82. The predicted molar refractivity (Wildman–Crippen MR) is 117 cm³/mol. The Hall–Kier alpha value is -2.21. The van der Waals surface area contributed by atoms with Crippen LogP contribution >= 0.6 is 0 Å². The molecule has 1 aromatic heterocycles. The fourth-order valence-electron chi connectivity index (χ4n) is 3.79. The summed E-state index contributed by atoms with van der Waals surface area (Å²) in [6.45, 7) is 0.881. The smallest absolute Gasteiger partial charge is 0.132 e. The van der Waals surface area contributed by atoms with Crippen molar-refractivity contribution < 1.29 is 9.29 Å². The van der Waals surface area contributed by atoms with E-state index >= 15 is 0 Å². The molecule has 0 radical (unpaired) electrons. The molecule has 5 heteroatoms. The van der Waals surface area contributed by atoms with E-state index in [1.165, 1.54) is 11.1 Å². The van der Waals surface area contributed by atoms with Gasteiger partial charge in [0.2, 0.25) is 0 Å². The zero-order valence-electron chi connectivity index (χ0n) is 16.1. The van der Waals surface area contributed by atoms with Crippen LogP contribution in [0.2, 0.25) is 0 Å². The molecule has 2 atom stereocenters. The van der Waals surface area contributed by atoms with Crippen LogP contribution in [0.1, 0.15) is 24.0 Å². The molecular formula is C23H26N2O2S. The highest BCUT2D eigenvalue weighted by Crippen LogP contribution is 2.26. The van der Waals surface area contributed by atoms with Crippen LogP contribution in [0.5, 0.6) is 5.75 Å². The van der Waals surface area contributed by atoms with Crippen molar-refractivity contribution in [2.75, 3.05) is 19.4 Å². The SMILES string of the molecule is COc1ccc2c(C[S+]([O-])CCC3CC(c4ccccc4)=CCN3)c[nH]c2c1. The minimum absolute atomic E-state index is 0.386. The second kappa shape index (κ2) is 8.86. The number of rotatable bonds is 7. The zero-order valence-corrected chi connectivity index (χ0v) is 16.9. The van der Waals surface area contributed by atoms with Gasteiger partial charge in [0, 0.05) is 47.7 Å². The summed E-state index contributed by atoms with van der Waals surface area (Å²) < 4.78 is 18.0. The van der Waals surface area contributed by atoms with Gasteiger partial charge in [0.05, 0.1) is 7.11 Å². The second-order valence-corrected chi connectivity index (χ2v) is 8.78. The minimum Gasteiger partial charge on any atom is -0.616 e. The molecule has 0 bridgehead atoms. The van der Waals surface area contributed by atoms with Crippen LogP contribution in [0.4, 0.5) is 0 Å². The number of nitrogens with one attached hydrogen (secondary N) is 2. The van der Waals surface area contributed by atoms with Gasteiger partial charge in [-0.3, -0.25) is 0 Å². The van der Waals surface area contributed by atoms with Crippen LogP contribution in [0, 0.1) is 0 Å². The van der Waals surface area contributed by atoms with Crippen molar-refractivity contribution in [1.29, 1.82) is 0 Å². The summed E-state index contributed by atoms with van der Waals surface area (Å²) in [4.78, 5) is 3.26. The van der Waals surface area contributed by atoms with E-state index in [9.17, 15) is 4.55 Å². The highest BCUT2D eigenvalue weighted by Gasteiger charge is 2.19. The van der Waals surface area contributed by atoms with Crippen molar-refractivity contribution in [3.8, 4) is 5.75 Å². The number of hydrogen-bond donors (Lipinski definition) is 2. The second-order valence-electron chi connectivity index (χ2n) is 7.21. The topological polar surface area (TPSA) is 60.1 Å². The van der Waals surface area contributed by atoms with E-state index in [-0.39, 0.29) is 0 Å². The molecular weight excluding hydrogens is 368 g/mol. The monoisotopic (exact) mass is 394 g/mol. The molecule has 0 amide bonds. The van der Waals surface area contributed by atoms with Gasteiger partial charge in [-0.1, -0.05) is 36.4 Å². The molecule has 0 saturated carbocycles. The fraction of sp³-hybridized carbons (Fsp3) is 0.304. The molecule has 3 aromatic rings. The molecule has 0 fully saturated rings. The van der Waals surface area contributed by atoms with Crippen molar-refractivity contribution in [2.24, 2.45) is 0 Å². The molecule has 1 aliphatic rings. The molecule has 2 N–H and O–H groups in total. The average Bonchev–Trinajstić information content (AvgIpc) is 3.15. The molecule has 0 spiro atoms. The van der Waals surface area contributed by atoms with Crippen molar-refractivity contribution in [3.05, 3.63) is 71.9 Å². The lowest BCUT2D eigenvalue weighted by molar-refractivity contribution is 0.415. The van der Waals surface area contributed by atoms with Gasteiger partial charge in [0.1, 0.15) is 17.3 Å². The van der Waals surface area contributed by atoms with Gasteiger partial charge >= 0.3 is 0 Å². The van der Waals surface area contributed by atoms with Crippen LogP contribution in [0.25, 0.3) is 16.5 Å². The first-order valence-corrected chi connectivity index (χ1v) is 11.2. The Kier molecular flexibility index (Phi) is 6.05. The van der Waals surface area contributed by atoms with E-state index in [1.807, 2.05) is 30.5 Å². The van der Waals surface area contributed by atoms with E-state index in [4.69, 9.17) is 4.74 Å². The van der Waals surface area contributed by atoms with E-state index in [0.29, 0.717) is 17.5 Å². The van der Waals surface area contributed by atoms with Crippen LogP contribution in [-0.4, -0.2) is 35.0 Å². The van der Waals surface area contributed by atoms with Crippen LogP contribution < -0.4 is 10.1 Å². The van der Waals surface area contributed by atoms with Gasteiger partial charge in [-0.15, -0.1) is 0 Å². The third-order valence-corrected chi connectivity index (χ3v) is 6.67. The van der Waals surface area contributed by atoms with E-state index in [2.05, 4.69) is 40.6 Å². The number of aromatic nitrogens is 1. The largest absolute Gasteiger partial charge is 0.616 e. The summed E-state index contributed by atoms with van der Waals surface area (Å²) in [6.07, 6.45) is 6.15. The van der Waals surface area contributed by atoms with Crippen LogP contribution in [0.3, 0.4) is 0 Å². The van der Waals surface area contributed by atoms with Gasteiger partial charge in [-0.05, 0) is 40.9 Å². The fourth-order valence-corrected chi connectivity index (χ4v) is 5.07. The maximum Gasteiger partial charge on any atom is 0.132 e. The summed E-state index contributed by atoms with van der Waals surface area (Å²) in [5.74, 6) is 2.12.